The Balaban J connectivity index is 0.00000110. The van der Waals surface area contributed by atoms with E-state index < -0.39 is 0 Å². The van der Waals surface area contributed by atoms with Crippen LogP contribution < -0.4 is 4.74 Å². The van der Waals surface area contributed by atoms with Gasteiger partial charge < -0.3 is 9.47 Å². The van der Waals surface area contributed by atoms with Gasteiger partial charge in [-0.2, -0.15) is 0 Å². The molecule has 114 valence electrons. The second-order valence-electron chi connectivity index (χ2n) is 5.33. The van der Waals surface area contributed by atoms with Gasteiger partial charge in [0.1, 0.15) is 5.75 Å². The van der Waals surface area contributed by atoms with Crippen LogP contribution in [0, 0.1) is 5.92 Å². The Bertz CT molecular complexity index is 328. The van der Waals surface area contributed by atoms with Crippen LogP contribution in [0.5, 0.6) is 5.75 Å². The van der Waals surface area contributed by atoms with Gasteiger partial charge in [0.25, 0.3) is 0 Å². The Morgan fingerprint density at radius 2 is 1.65 bits per heavy atom. The maximum absolute atomic E-state index is 5.19. The zero-order valence-corrected chi connectivity index (χ0v) is 13.5. The molecule has 0 aliphatic carbocycles. The zero-order valence-electron chi connectivity index (χ0n) is 13.5. The average molecular weight is 278 g/mol. The van der Waals surface area contributed by atoms with Crippen LogP contribution in [0.2, 0.25) is 0 Å². The van der Waals surface area contributed by atoms with Crippen molar-refractivity contribution >= 4 is 0 Å². The molecule has 0 unspecified atom stereocenters. The molecule has 0 saturated heterocycles. The Morgan fingerprint density at radius 3 is 2.15 bits per heavy atom. The Hall–Kier alpha value is -1.28. The van der Waals surface area contributed by atoms with Gasteiger partial charge in [-0.05, 0) is 36.5 Å². The number of hydrogen-bond donors (Lipinski definition) is 0. The normalized spacial score (nSPS) is 9.85. The number of benzene rings is 1. The van der Waals surface area contributed by atoms with E-state index in [2.05, 4.69) is 37.3 Å². The third-order valence-corrected chi connectivity index (χ3v) is 2.89. The number of unbranched alkanes of at least 4 members (excludes halogenated alkanes) is 2. The highest BCUT2D eigenvalue weighted by Gasteiger charge is 1.97. The van der Waals surface area contributed by atoms with Crippen LogP contribution in [0.25, 0.3) is 0 Å². The van der Waals surface area contributed by atoms with Crippen molar-refractivity contribution in [3.8, 4) is 5.75 Å². The summed E-state index contributed by atoms with van der Waals surface area (Å²) in [5.41, 5.74) is 1.39. The summed E-state index contributed by atoms with van der Waals surface area (Å²) in [7, 11) is 3.25. The van der Waals surface area contributed by atoms with Crippen LogP contribution in [0.1, 0.15) is 45.1 Å². The first-order valence-electron chi connectivity index (χ1n) is 7.40. The third-order valence-electron chi connectivity index (χ3n) is 2.89. The van der Waals surface area contributed by atoms with Crippen LogP contribution in [-0.2, 0) is 11.2 Å². The maximum Gasteiger partial charge on any atom is 0.126 e. The fourth-order valence-electron chi connectivity index (χ4n) is 1.89. The summed E-state index contributed by atoms with van der Waals surface area (Å²) >= 11 is 0. The van der Waals surface area contributed by atoms with E-state index in [0.29, 0.717) is 0 Å². The monoisotopic (exact) mass is 278 g/mol. The van der Waals surface area contributed by atoms with Crippen LogP contribution >= 0.6 is 0 Å². The molecule has 0 aliphatic heterocycles. The molecule has 0 N–H and O–H groups in total. The molecule has 0 atom stereocenters. The lowest BCUT2D eigenvalue weighted by Crippen LogP contribution is -1.90. The Morgan fingerprint density at radius 1 is 1.05 bits per heavy atom. The van der Waals surface area contributed by atoms with Crippen LogP contribution in [-0.4, -0.2) is 14.2 Å². The first kappa shape index (κ1) is 18.7. The van der Waals surface area contributed by atoms with Gasteiger partial charge in [-0.3, -0.25) is 0 Å². The number of ether oxygens (including phenoxy) is 2. The largest absolute Gasteiger partial charge is 0.466 e. The lowest BCUT2D eigenvalue weighted by atomic mass is 10.0. The number of rotatable bonds is 8. The molecule has 0 heterocycles. The highest BCUT2D eigenvalue weighted by molar-refractivity contribution is 5.27. The highest BCUT2D eigenvalue weighted by atomic mass is 16.5. The topological polar surface area (TPSA) is 18.5 Å². The molecule has 0 radical (unpaired) electrons. The van der Waals surface area contributed by atoms with E-state index in [4.69, 9.17) is 4.74 Å². The van der Waals surface area contributed by atoms with Gasteiger partial charge >= 0.3 is 0 Å². The minimum absolute atomic E-state index is 0.838. The van der Waals surface area contributed by atoms with E-state index in [0.717, 1.165) is 11.7 Å². The predicted molar refractivity (Wildman–Crippen MR) is 87.2 cm³/mol. The number of hydrogen-bond acceptors (Lipinski definition) is 2. The van der Waals surface area contributed by atoms with E-state index in [1.54, 1.807) is 14.2 Å². The lowest BCUT2D eigenvalue weighted by molar-refractivity contribution is 0.277. The van der Waals surface area contributed by atoms with Crippen molar-refractivity contribution in [2.24, 2.45) is 5.92 Å². The van der Waals surface area contributed by atoms with E-state index in [1.807, 2.05) is 12.1 Å². The predicted octanol–water partition coefficient (Wildman–Crippen LogP) is 5.23. The van der Waals surface area contributed by atoms with Crippen LogP contribution in [0.4, 0.5) is 0 Å². The van der Waals surface area contributed by atoms with Gasteiger partial charge in [0.15, 0.2) is 0 Å². The maximum atomic E-state index is 5.19. The standard InChI is InChI=1S/C16H24O.C2H6O/c1-4-17-16-12-10-15(11-13-16)9-7-5-6-8-14(2)3;1-3-2/h4,10-14H,1,5-9H2,2-3H3;1-2H3. The van der Waals surface area contributed by atoms with Crippen molar-refractivity contribution in [3.05, 3.63) is 42.7 Å². The van der Waals surface area contributed by atoms with E-state index in [1.165, 1.54) is 43.9 Å². The summed E-state index contributed by atoms with van der Waals surface area (Å²) in [6.07, 6.45) is 7.96. The second kappa shape index (κ2) is 12.7. The van der Waals surface area contributed by atoms with Crippen molar-refractivity contribution in [1.29, 1.82) is 0 Å². The SMILES string of the molecule is C=COc1ccc(CCCCCC(C)C)cc1.COC. The summed E-state index contributed by atoms with van der Waals surface area (Å²) in [5.74, 6) is 1.70. The van der Waals surface area contributed by atoms with Gasteiger partial charge in [0.2, 0.25) is 0 Å². The molecule has 0 fully saturated rings. The third kappa shape index (κ3) is 10.6. The molecule has 0 aliphatic rings. The minimum Gasteiger partial charge on any atom is -0.466 e. The van der Waals surface area contributed by atoms with Crippen LogP contribution in [0.15, 0.2) is 37.1 Å². The number of aryl methyl sites for hydroxylation is 1. The van der Waals surface area contributed by atoms with E-state index in [-0.39, 0.29) is 0 Å². The smallest absolute Gasteiger partial charge is 0.126 e. The molecule has 2 nitrogen and oxygen atoms in total. The fourth-order valence-corrected chi connectivity index (χ4v) is 1.89. The summed E-state index contributed by atoms with van der Waals surface area (Å²) in [6, 6.07) is 8.29. The molecule has 1 aromatic rings. The van der Waals surface area contributed by atoms with Gasteiger partial charge in [0, 0.05) is 14.2 Å². The molecule has 1 rings (SSSR count). The first-order valence-corrected chi connectivity index (χ1v) is 7.40. The molecule has 0 amide bonds. The van der Waals surface area contributed by atoms with Crippen molar-refractivity contribution in [2.45, 2.75) is 46.0 Å². The van der Waals surface area contributed by atoms with Crippen molar-refractivity contribution in [2.75, 3.05) is 14.2 Å². The Kier molecular flexibility index (Phi) is 11.9. The summed E-state index contributed by atoms with van der Waals surface area (Å²) in [6.45, 7) is 8.12. The molecule has 0 saturated carbocycles. The zero-order chi connectivity index (χ0) is 15.2. The first-order chi connectivity index (χ1) is 9.63. The average Bonchev–Trinajstić information content (AvgIpc) is 2.41. The quantitative estimate of drug-likeness (QED) is 0.479. The van der Waals surface area contributed by atoms with Gasteiger partial charge in [0.05, 0.1) is 6.26 Å². The van der Waals surface area contributed by atoms with Crippen LogP contribution in [0.3, 0.4) is 0 Å². The molecule has 0 bridgehead atoms. The molecule has 0 aromatic heterocycles. The summed E-state index contributed by atoms with van der Waals surface area (Å²) < 4.78 is 9.44. The summed E-state index contributed by atoms with van der Waals surface area (Å²) in [5, 5.41) is 0. The lowest BCUT2D eigenvalue weighted by Gasteiger charge is -2.05. The van der Waals surface area contributed by atoms with Crippen molar-refractivity contribution < 1.29 is 9.47 Å². The van der Waals surface area contributed by atoms with E-state index in [9.17, 15) is 0 Å². The molecular weight excluding hydrogens is 248 g/mol. The van der Waals surface area contributed by atoms with Gasteiger partial charge in [-0.15, -0.1) is 0 Å². The molecular formula is C18H30O2. The van der Waals surface area contributed by atoms with Crippen molar-refractivity contribution in [3.63, 3.8) is 0 Å². The van der Waals surface area contributed by atoms with Gasteiger partial charge in [-0.25, -0.2) is 0 Å². The van der Waals surface area contributed by atoms with E-state index >= 15 is 0 Å². The van der Waals surface area contributed by atoms with Gasteiger partial charge in [-0.1, -0.05) is 51.8 Å². The molecule has 1 aromatic carbocycles. The molecule has 2 heteroatoms. The number of methoxy groups -OCH3 is 1. The molecule has 0 spiro atoms. The van der Waals surface area contributed by atoms with Crippen molar-refractivity contribution in [1.82, 2.24) is 0 Å². The minimum atomic E-state index is 0.838. The molecule has 20 heavy (non-hydrogen) atoms. The highest BCUT2D eigenvalue weighted by Crippen LogP contribution is 2.15. The summed E-state index contributed by atoms with van der Waals surface area (Å²) in [4.78, 5) is 0. The fraction of sp³-hybridized carbons (Fsp3) is 0.556. The Labute approximate surface area is 124 Å². The second-order valence-corrected chi connectivity index (χ2v) is 5.33.